The largest absolute Gasteiger partial charge is 0.497 e. The number of anilines is 1. The molecule has 6 heteroatoms. The van der Waals surface area contributed by atoms with E-state index in [2.05, 4.69) is 20.7 Å². The second-order valence-corrected chi connectivity index (χ2v) is 6.35. The Morgan fingerprint density at radius 3 is 2.15 bits per heavy atom. The number of ether oxygens (including phenoxy) is 1. The van der Waals surface area contributed by atoms with Crippen LogP contribution in [0.4, 0.5) is 5.69 Å². The van der Waals surface area contributed by atoms with E-state index in [4.69, 9.17) is 4.74 Å². The third-order valence-corrected chi connectivity index (χ3v) is 4.77. The number of methoxy groups -OCH3 is 1. The summed E-state index contributed by atoms with van der Waals surface area (Å²) in [5.74, 6) is 0.616. The topological polar surface area (TPSA) is 55.4 Å². The average Bonchev–Trinajstić information content (AvgIpc) is 2.48. The molecule has 1 N–H and O–H groups in total. The number of rotatable bonds is 5. The highest BCUT2D eigenvalue weighted by Crippen LogP contribution is 2.19. The van der Waals surface area contributed by atoms with Crippen LogP contribution in [0.25, 0.3) is 0 Å². The smallest absolute Gasteiger partial charge is 0.261 e. The first-order valence-corrected chi connectivity index (χ1v) is 8.47. The molecule has 20 heavy (non-hydrogen) atoms. The zero-order chi connectivity index (χ0) is 14.6. The third kappa shape index (κ3) is 3.52. The van der Waals surface area contributed by atoms with Crippen LogP contribution in [0.2, 0.25) is 0 Å². The number of sulfonamides is 1. The summed E-state index contributed by atoms with van der Waals surface area (Å²) in [6.07, 6.45) is 0. The first-order valence-electron chi connectivity index (χ1n) is 5.87. The van der Waals surface area contributed by atoms with Crippen LogP contribution in [0.1, 0.15) is 5.56 Å². The lowest BCUT2D eigenvalue weighted by molar-refractivity contribution is 0.414. The minimum Gasteiger partial charge on any atom is -0.497 e. The average molecular weight is 356 g/mol. The molecule has 0 unspecified atom stereocenters. The summed E-state index contributed by atoms with van der Waals surface area (Å²) in [5, 5.41) is 0.735. The van der Waals surface area contributed by atoms with Crippen molar-refractivity contribution in [2.24, 2.45) is 0 Å². The Kier molecular flexibility index (Phi) is 4.67. The Hall–Kier alpha value is -1.53. The van der Waals surface area contributed by atoms with Gasteiger partial charge in [0.05, 0.1) is 12.0 Å². The van der Waals surface area contributed by atoms with Gasteiger partial charge in [0, 0.05) is 11.0 Å². The lowest BCUT2D eigenvalue weighted by Crippen LogP contribution is -2.12. The van der Waals surface area contributed by atoms with Crippen LogP contribution in [0.15, 0.2) is 53.4 Å². The summed E-state index contributed by atoms with van der Waals surface area (Å²) in [4.78, 5) is 0.197. The molecule has 0 aliphatic carbocycles. The molecule has 106 valence electrons. The Labute approximate surface area is 127 Å². The van der Waals surface area contributed by atoms with Crippen LogP contribution in [-0.2, 0) is 15.4 Å². The van der Waals surface area contributed by atoms with Crippen molar-refractivity contribution in [1.82, 2.24) is 0 Å². The molecule has 0 saturated heterocycles. The van der Waals surface area contributed by atoms with E-state index in [0.29, 0.717) is 11.4 Å². The Balaban J connectivity index is 2.20. The van der Waals surface area contributed by atoms with Crippen molar-refractivity contribution in [3.63, 3.8) is 0 Å². The standard InChI is InChI=1S/C14H14BrNO3S/c1-19-13-6-8-14(9-7-13)20(17,18)16-12-4-2-11(10-15)3-5-12/h2-9,16H,10H2,1H3. The molecule has 2 aromatic carbocycles. The fraction of sp³-hybridized carbons (Fsp3) is 0.143. The molecule has 2 aromatic rings. The van der Waals surface area contributed by atoms with E-state index in [-0.39, 0.29) is 4.90 Å². The Bertz CT molecular complexity index is 667. The molecular weight excluding hydrogens is 342 g/mol. The normalized spacial score (nSPS) is 11.1. The first-order chi connectivity index (χ1) is 9.55. The van der Waals surface area contributed by atoms with Gasteiger partial charge in [-0.25, -0.2) is 8.42 Å². The molecular formula is C14H14BrNO3S. The van der Waals surface area contributed by atoms with Crippen LogP contribution in [0, 0.1) is 0 Å². The van der Waals surface area contributed by atoms with Gasteiger partial charge in [0.25, 0.3) is 10.0 Å². The molecule has 0 bridgehead atoms. The number of halogens is 1. The number of hydrogen-bond acceptors (Lipinski definition) is 3. The molecule has 0 aliphatic rings. The molecule has 0 radical (unpaired) electrons. The maximum absolute atomic E-state index is 12.2. The predicted molar refractivity (Wildman–Crippen MR) is 82.9 cm³/mol. The van der Waals surface area contributed by atoms with Gasteiger partial charge in [-0.1, -0.05) is 28.1 Å². The highest BCUT2D eigenvalue weighted by molar-refractivity contribution is 9.08. The van der Waals surface area contributed by atoms with Crippen molar-refractivity contribution in [1.29, 1.82) is 0 Å². The Morgan fingerprint density at radius 2 is 1.65 bits per heavy atom. The van der Waals surface area contributed by atoms with E-state index in [0.717, 1.165) is 10.9 Å². The quantitative estimate of drug-likeness (QED) is 0.836. The van der Waals surface area contributed by atoms with Crippen molar-refractivity contribution >= 4 is 31.6 Å². The number of benzene rings is 2. The van der Waals surface area contributed by atoms with E-state index >= 15 is 0 Å². The summed E-state index contributed by atoms with van der Waals surface area (Å²) in [6, 6.07) is 13.4. The lowest BCUT2D eigenvalue weighted by Gasteiger charge is -2.09. The van der Waals surface area contributed by atoms with Crippen LogP contribution < -0.4 is 9.46 Å². The molecule has 2 rings (SSSR count). The van der Waals surface area contributed by atoms with Crippen LogP contribution in [0.5, 0.6) is 5.75 Å². The molecule has 0 amide bonds. The predicted octanol–water partition coefficient (Wildman–Crippen LogP) is 3.39. The van der Waals surface area contributed by atoms with E-state index in [1.807, 2.05) is 12.1 Å². The van der Waals surface area contributed by atoms with Crippen molar-refractivity contribution in [3.8, 4) is 5.75 Å². The van der Waals surface area contributed by atoms with Gasteiger partial charge in [-0.15, -0.1) is 0 Å². The monoisotopic (exact) mass is 355 g/mol. The molecule has 0 spiro atoms. The molecule has 0 saturated carbocycles. The maximum atomic E-state index is 12.2. The summed E-state index contributed by atoms with van der Waals surface area (Å²) < 4.78 is 31.9. The van der Waals surface area contributed by atoms with Crippen molar-refractivity contribution < 1.29 is 13.2 Å². The Morgan fingerprint density at radius 1 is 1.05 bits per heavy atom. The summed E-state index contributed by atoms with van der Waals surface area (Å²) in [7, 11) is -2.04. The van der Waals surface area contributed by atoms with Gasteiger partial charge in [-0.05, 0) is 42.0 Å². The molecule has 0 fully saturated rings. The van der Waals surface area contributed by atoms with Gasteiger partial charge in [0.15, 0.2) is 0 Å². The van der Waals surface area contributed by atoms with Crippen molar-refractivity contribution in [2.45, 2.75) is 10.2 Å². The molecule has 0 atom stereocenters. The minimum absolute atomic E-state index is 0.197. The van der Waals surface area contributed by atoms with E-state index in [1.165, 1.54) is 19.2 Å². The van der Waals surface area contributed by atoms with E-state index in [1.54, 1.807) is 24.3 Å². The van der Waals surface area contributed by atoms with Gasteiger partial charge < -0.3 is 4.74 Å². The van der Waals surface area contributed by atoms with Crippen LogP contribution >= 0.6 is 15.9 Å². The molecule has 4 nitrogen and oxygen atoms in total. The molecule has 0 aromatic heterocycles. The zero-order valence-corrected chi connectivity index (χ0v) is 13.2. The summed E-state index contributed by atoms with van der Waals surface area (Å²) in [6.45, 7) is 0. The van der Waals surface area contributed by atoms with Gasteiger partial charge in [0.2, 0.25) is 0 Å². The van der Waals surface area contributed by atoms with Gasteiger partial charge >= 0.3 is 0 Å². The second kappa shape index (κ2) is 6.28. The van der Waals surface area contributed by atoms with Crippen LogP contribution in [0.3, 0.4) is 0 Å². The van der Waals surface area contributed by atoms with E-state index < -0.39 is 10.0 Å². The number of alkyl halides is 1. The fourth-order valence-corrected chi connectivity index (χ4v) is 3.06. The third-order valence-electron chi connectivity index (χ3n) is 2.73. The number of nitrogens with one attached hydrogen (secondary N) is 1. The highest BCUT2D eigenvalue weighted by atomic mass is 79.9. The summed E-state index contributed by atoms with van der Waals surface area (Å²) in [5.41, 5.74) is 1.61. The maximum Gasteiger partial charge on any atom is 0.261 e. The SMILES string of the molecule is COc1ccc(S(=O)(=O)Nc2ccc(CBr)cc2)cc1. The zero-order valence-electron chi connectivity index (χ0n) is 10.8. The van der Waals surface area contributed by atoms with Crippen molar-refractivity contribution in [2.75, 3.05) is 11.8 Å². The highest BCUT2D eigenvalue weighted by Gasteiger charge is 2.13. The molecule has 0 aliphatic heterocycles. The summed E-state index contributed by atoms with van der Waals surface area (Å²) >= 11 is 3.34. The lowest BCUT2D eigenvalue weighted by atomic mass is 10.2. The van der Waals surface area contributed by atoms with Gasteiger partial charge in [0.1, 0.15) is 5.75 Å². The van der Waals surface area contributed by atoms with Crippen molar-refractivity contribution in [3.05, 3.63) is 54.1 Å². The first kappa shape index (κ1) is 14.9. The van der Waals surface area contributed by atoms with Gasteiger partial charge in [-0.2, -0.15) is 0 Å². The fourth-order valence-electron chi connectivity index (χ4n) is 1.63. The molecule has 0 heterocycles. The second-order valence-electron chi connectivity index (χ2n) is 4.11. The number of hydrogen-bond donors (Lipinski definition) is 1. The van der Waals surface area contributed by atoms with Crippen LogP contribution in [-0.4, -0.2) is 15.5 Å². The minimum atomic E-state index is -3.58. The van der Waals surface area contributed by atoms with Gasteiger partial charge in [-0.3, -0.25) is 4.72 Å². The van der Waals surface area contributed by atoms with E-state index in [9.17, 15) is 8.42 Å².